The van der Waals surface area contributed by atoms with E-state index in [-0.39, 0.29) is 11.9 Å². The van der Waals surface area contributed by atoms with E-state index in [1.165, 1.54) is 32.2 Å². The minimum absolute atomic E-state index is 0.0146. The number of rotatable bonds is 5. The number of hydrogen-bond acceptors (Lipinski definition) is 5. The maximum Gasteiger partial charge on any atom is 0.252 e. The summed E-state index contributed by atoms with van der Waals surface area (Å²) in [5, 5.41) is 12.1. The number of likely N-dealkylation sites (N-methyl/N-ethyl adjacent to an activating group) is 1. The van der Waals surface area contributed by atoms with Gasteiger partial charge in [-0.3, -0.25) is 19.0 Å². The Balaban J connectivity index is 1.38. The molecule has 1 amide bonds. The van der Waals surface area contributed by atoms with E-state index in [2.05, 4.69) is 32.4 Å². The molecular formula is C21H30N6O. The van der Waals surface area contributed by atoms with Gasteiger partial charge < -0.3 is 5.32 Å². The van der Waals surface area contributed by atoms with Crippen LogP contribution in [0.25, 0.3) is 5.65 Å². The maximum absolute atomic E-state index is 12.7. The quantitative estimate of drug-likeness (QED) is 0.858. The van der Waals surface area contributed by atoms with E-state index in [9.17, 15) is 4.79 Å². The van der Waals surface area contributed by atoms with Gasteiger partial charge in [-0.15, -0.1) is 10.2 Å². The van der Waals surface area contributed by atoms with Crippen LogP contribution >= 0.6 is 0 Å². The zero-order valence-corrected chi connectivity index (χ0v) is 16.7. The lowest BCUT2D eigenvalue weighted by atomic mass is 10.1. The number of nitrogens with one attached hydrogen (secondary N) is 1. The number of hydrogen-bond donors (Lipinski definition) is 1. The summed E-state index contributed by atoms with van der Waals surface area (Å²) in [5.74, 6) is 1.85. The molecule has 0 radical (unpaired) electrons. The molecule has 0 bridgehead atoms. The van der Waals surface area contributed by atoms with Crippen LogP contribution in [-0.4, -0.2) is 69.6 Å². The molecule has 3 heterocycles. The van der Waals surface area contributed by atoms with Gasteiger partial charge >= 0.3 is 0 Å². The van der Waals surface area contributed by atoms with Gasteiger partial charge in [-0.05, 0) is 50.8 Å². The Labute approximate surface area is 166 Å². The molecule has 1 saturated heterocycles. The van der Waals surface area contributed by atoms with Crippen LogP contribution in [0, 0.1) is 5.92 Å². The first kappa shape index (κ1) is 18.1. The highest BCUT2D eigenvalue weighted by atomic mass is 16.1. The molecule has 2 aromatic rings. The van der Waals surface area contributed by atoms with Gasteiger partial charge in [0.1, 0.15) is 0 Å². The van der Waals surface area contributed by atoms with Gasteiger partial charge in [0.2, 0.25) is 0 Å². The third-order valence-corrected chi connectivity index (χ3v) is 6.62. The van der Waals surface area contributed by atoms with E-state index in [1.54, 1.807) is 0 Å². The van der Waals surface area contributed by atoms with Gasteiger partial charge in [0.15, 0.2) is 11.5 Å². The van der Waals surface area contributed by atoms with Gasteiger partial charge in [-0.2, -0.15) is 0 Å². The minimum atomic E-state index is 0.0146. The fraction of sp³-hybridized carbons (Fsp3) is 0.667. The molecule has 7 heteroatoms. The molecular weight excluding hydrogens is 352 g/mol. The van der Waals surface area contributed by atoms with Crippen LogP contribution in [0.2, 0.25) is 0 Å². The van der Waals surface area contributed by atoms with E-state index in [0.717, 1.165) is 49.9 Å². The van der Waals surface area contributed by atoms with E-state index in [0.29, 0.717) is 11.6 Å². The summed E-state index contributed by atoms with van der Waals surface area (Å²) in [7, 11) is 2.16. The molecule has 150 valence electrons. The second kappa shape index (κ2) is 7.44. The lowest BCUT2D eigenvalue weighted by Crippen LogP contribution is -2.47. The molecule has 0 spiro atoms. The number of aromatic nitrogens is 3. The van der Waals surface area contributed by atoms with Gasteiger partial charge in [-0.1, -0.05) is 12.8 Å². The van der Waals surface area contributed by atoms with Crippen molar-refractivity contribution in [2.24, 2.45) is 5.92 Å². The average Bonchev–Trinajstić information content (AvgIpc) is 3.19. The van der Waals surface area contributed by atoms with Crippen molar-refractivity contribution in [3.63, 3.8) is 0 Å². The number of piperazine rings is 1. The van der Waals surface area contributed by atoms with Crippen molar-refractivity contribution in [1.29, 1.82) is 0 Å². The highest BCUT2D eigenvalue weighted by Gasteiger charge is 2.32. The van der Waals surface area contributed by atoms with E-state index in [4.69, 9.17) is 0 Å². The largest absolute Gasteiger partial charge is 0.349 e. The first-order chi connectivity index (χ1) is 13.7. The lowest BCUT2D eigenvalue weighted by molar-refractivity contribution is 0.0869. The van der Waals surface area contributed by atoms with Crippen molar-refractivity contribution < 1.29 is 4.79 Å². The van der Waals surface area contributed by atoms with Crippen LogP contribution in [0.5, 0.6) is 0 Å². The van der Waals surface area contributed by atoms with Crippen molar-refractivity contribution >= 4 is 11.6 Å². The van der Waals surface area contributed by atoms with Gasteiger partial charge in [0.05, 0.1) is 11.6 Å². The van der Waals surface area contributed by atoms with E-state index < -0.39 is 0 Å². The number of carbonyl (C=O) groups is 1. The van der Waals surface area contributed by atoms with Gasteiger partial charge in [0, 0.05) is 38.4 Å². The minimum Gasteiger partial charge on any atom is -0.349 e. The molecule has 1 unspecified atom stereocenters. The predicted octanol–water partition coefficient (Wildman–Crippen LogP) is 2.10. The average molecular weight is 383 g/mol. The standard InChI is InChI=1S/C21H30N6O/c1-25-10-11-26(12-15-6-7-15)14-18(25)20-24-23-19-9-8-16(13-27(19)20)21(28)22-17-4-2-3-5-17/h8-9,13,15,17-18H,2-7,10-12,14H2,1H3,(H,22,28). The topological polar surface area (TPSA) is 65.8 Å². The molecule has 3 fully saturated rings. The van der Waals surface area contributed by atoms with E-state index >= 15 is 0 Å². The summed E-state index contributed by atoms with van der Waals surface area (Å²) < 4.78 is 2.02. The second-order valence-corrected chi connectivity index (χ2v) is 8.86. The van der Waals surface area contributed by atoms with Crippen LogP contribution < -0.4 is 5.32 Å². The Morgan fingerprint density at radius 2 is 1.96 bits per heavy atom. The molecule has 1 aliphatic heterocycles. The van der Waals surface area contributed by atoms with Crippen molar-refractivity contribution in [2.75, 3.05) is 33.2 Å². The zero-order chi connectivity index (χ0) is 19.1. The van der Waals surface area contributed by atoms with Crippen LogP contribution in [-0.2, 0) is 0 Å². The predicted molar refractivity (Wildman–Crippen MR) is 107 cm³/mol. The lowest BCUT2D eigenvalue weighted by Gasteiger charge is -2.38. The summed E-state index contributed by atoms with van der Waals surface area (Å²) in [4.78, 5) is 17.7. The fourth-order valence-corrected chi connectivity index (χ4v) is 4.65. The summed E-state index contributed by atoms with van der Waals surface area (Å²) in [6, 6.07) is 4.30. The summed E-state index contributed by atoms with van der Waals surface area (Å²) in [5.41, 5.74) is 1.49. The van der Waals surface area contributed by atoms with Crippen LogP contribution in [0.1, 0.15) is 60.7 Å². The molecule has 2 aliphatic carbocycles. The normalized spacial score (nSPS) is 24.8. The van der Waals surface area contributed by atoms with Crippen LogP contribution in [0.15, 0.2) is 18.3 Å². The summed E-state index contributed by atoms with van der Waals surface area (Å²) >= 11 is 0. The molecule has 7 nitrogen and oxygen atoms in total. The number of amides is 1. The molecule has 5 rings (SSSR count). The Bertz CT molecular complexity index is 854. The Kier molecular flexibility index (Phi) is 4.80. The highest BCUT2D eigenvalue weighted by Crippen LogP contribution is 2.32. The number of pyridine rings is 1. The fourth-order valence-electron chi connectivity index (χ4n) is 4.65. The number of nitrogens with zero attached hydrogens (tertiary/aromatic N) is 5. The molecule has 1 atom stereocenters. The van der Waals surface area contributed by atoms with Crippen molar-refractivity contribution in [3.05, 3.63) is 29.7 Å². The van der Waals surface area contributed by atoms with Crippen molar-refractivity contribution in [3.8, 4) is 0 Å². The Morgan fingerprint density at radius 3 is 2.75 bits per heavy atom. The molecule has 2 aromatic heterocycles. The first-order valence-electron chi connectivity index (χ1n) is 10.8. The zero-order valence-electron chi connectivity index (χ0n) is 16.7. The van der Waals surface area contributed by atoms with Gasteiger partial charge in [0.25, 0.3) is 5.91 Å². The summed E-state index contributed by atoms with van der Waals surface area (Å²) in [6.45, 7) is 4.34. The molecule has 1 N–H and O–H groups in total. The SMILES string of the molecule is CN1CCN(CC2CC2)CC1c1nnc2ccc(C(=O)NC3CCCC3)cn12. The Hall–Kier alpha value is -1.99. The van der Waals surface area contributed by atoms with Crippen LogP contribution in [0.3, 0.4) is 0 Å². The maximum atomic E-state index is 12.7. The van der Waals surface area contributed by atoms with E-state index in [1.807, 2.05) is 22.7 Å². The number of carbonyl (C=O) groups excluding carboxylic acids is 1. The van der Waals surface area contributed by atoms with Crippen LogP contribution in [0.4, 0.5) is 0 Å². The number of fused-ring (bicyclic) bond motifs is 1. The molecule has 28 heavy (non-hydrogen) atoms. The summed E-state index contributed by atoms with van der Waals surface area (Å²) in [6.07, 6.45) is 9.29. The van der Waals surface area contributed by atoms with Crippen molar-refractivity contribution in [2.45, 2.75) is 50.6 Å². The third-order valence-electron chi connectivity index (χ3n) is 6.62. The third kappa shape index (κ3) is 3.65. The molecule has 2 saturated carbocycles. The highest BCUT2D eigenvalue weighted by molar-refractivity contribution is 5.94. The second-order valence-electron chi connectivity index (χ2n) is 8.86. The van der Waals surface area contributed by atoms with Gasteiger partial charge in [-0.25, -0.2) is 0 Å². The molecule has 3 aliphatic rings. The first-order valence-corrected chi connectivity index (χ1v) is 10.8. The monoisotopic (exact) mass is 382 g/mol. The van der Waals surface area contributed by atoms with Crippen molar-refractivity contribution in [1.82, 2.24) is 29.7 Å². The smallest absolute Gasteiger partial charge is 0.252 e. The Morgan fingerprint density at radius 1 is 1.14 bits per heavy atom. The molecule has 0 aromatic carbocycles.